The van der Waals surface area contributed by atoms with E-state index >= 15 is 0 Å². The molecule has 0 bridgehead atoms. The van der Waals surface area contributed by atoms with Gasteiger partial charge in [0.15, 0.2) is 0 Å². The van der Waals surface area contributed by atoms with E-state index in [4.69, 9.17) is 34.9 Å². The number of hydrogen-bond acceptors (Lipinski definition) is 3. The normalized spacial score (nSPS) is 4.80. The van der Waals surface area contributed by atoms with Gasteiger partial charge in [-0.15, -0.1) is 0 Å². The first kappa shape index (κ1) is 22.5. The minimum absolute atomic E-state index is 0. The summed E-state index contributed by atoms with van der Waals surface area (Å²) in [5.41, 5.74) is 0. The summed E-state index contributed by atoms with van der Waals surface area (Å²) in [6.07, 6.45) is 0. The SMILES string of the molecule is O=[C-][O-].[2H][C-]=O.[CH3-].[Cl][Pt][Cl].[Na+]. The van der Waals surface area contributed by atoms with Crippen molar-refractivity contribution in [1.82, 2.24) is 0 Å². The molecule has 0 fully saturated rings. The van der Waals surface area contributed by atoms with Crippen LogP contribution in [0.4, 0.5) is 0 Å². The molecule has 0 aliphatic heterocycles. The number of halogens is 2. The van der Waals surface area contributed by atoms with Gasteiger partial charge in [0.05, 0.1) is 0 Å². The van der Waals surface area contributed by atoms with E-state index in [0.29, 0.717) is 0 Å². The van der Waals surface area contributed by atoms with Crippen LogP contribution in [0, 0.1) is 7.43 Å². The molecule has 0 saturated heterocycles. The molecule has 0 N–H and O–H groups in total. The van der Waals surface area contributed by atoms with Gasteiger partial charge in [0, 0.05) is 0 Å². The van der Waals surface area contributed by atoms with Gasteiger partial charge in [0.2, 0.25) is 0 Å². The van der Waals surface area contributed by atoms with Crippen LogP contribution in [-0.2, 0) is 26.1 Å². The Bertz CT molecular complexity index is 55.8. The van der Waals surface area contributed by atoms with E-state index in [1.165, 1.54) is 0 Å². The van der Waals surface area contributed by atoms with Gasteiger partial charge in [-0.25, -0.2) is 0 Å². The first-order valence-corrected chi connectivity index (χ1v) is 6.48. The smallest absolute Gasteiger partial charge is 1.00 e. The molecule has 0 aromatic carbocycles. The molecule has 62 valence electrons. The van der Waals surface area contributed by atoms with Crippen molar-refractivity contribution >= 4 is 32.1 Å². The van der Waals surface area contributed by atoms with E-state index in [2.05, 4.69) is 0 Å². The monoisotopic (exact) mass is 377 g/mol. The topological polar surface area (TPSA) is 57.2 Å². The largest absolute Gasteiger partial charge is 1.00 e. The van der Waals surface area contributed by atoms with Crippen LogP contribution in [0.15, 0.2) is 0 Å². The summed E-state index contributed by atoms with van der Waals surface area (Å²) in [6, 6.07) is 0. The van der Waals surface area contributed by atoms with Crippen LogP contribution < -0.4 is 34.7 Å². The maximum absolute atomic E-state index is 8.35. The molecule has 3 nitrogen and oxygen atoms in total. The number of rotatable bonds is 0. The molecule has 0 aliphatic rings. The van der Waals surface area contributed by atoms with Crippen molar-refractivity contribution in [3.8, 4) is 0 Å². The minimum atomic E-state index is -0.472. The summed E-state index contributed by atoms with van der Waals surface area (Å²) in [4.78, 5) is 16.5. The van der Waals surface area contributed by atoms with Gasteiger partial charge >= 0.3 is 64.9 Å². The van der Waals surface area contributed by atoms with Gasteiger partial charge in [-0.1, -0.05) is 0 Å². The van der Waals surface area contributed by atoms with E-state index in [9.17, 15) is 0 Å². The van der Waals surface area contributed by atoms with Crippen LogP contribution >= 0.6 is 18.8 Å². The van der Waals surface area contributed by atoms with Gasteiger partial charge < -0.3 is 28.6 Å². The van der Waals surface area contributed by atoms with Gasteiger partial charge in [-0.05, 0) is 0 Å². The Hall–Kier alpha value is 1.41. The number of carbonyl (C=O) groups excluding carboxylic acids is 2. The quantitative estimate of drug-likeness (QED) is 0.254. The Kier molecular flexibility index (Phi) is 179. The summed E-state index contributed by atoms with van der Waals surface area (Å²) < 4.78 is 5.40. The van der Waals surface area contributed by atoms with Crippen molar-refractivity contribution in [3.05, 3.63) is 7.43 Å². The van der Waals surface area contributed by atoms with E-state index < -0.39 is 16.5 Å². The molecule has 0 rings (SSSR count). The standard InChI is InChI=1S/CO2.CHO.CH3.2ClH.Na.Pt/c2-1-3;1-2;;;;;/h;1H;1H3;2*1H;;/q-2;2*-1;;;+1;+2/p-2/i;1D;;;;;. The minimum Gasteiger partial charge on any atom is 1.00 e. The third kappa shape index (κ3) is 335. The van der Waals surface area contributed by atoms with Crippen molar-refractivity contribution in [2.45, 2.75) is 0 Å². The molecule has 0 aromatic rings. The van der Waals surface area contributed by atoms with Gasteiger partial charge in [0.25, 0.3) is 0 Å². The van der Waals surface area contributed by atoms with E-state index in [1.54, 1.807) is 0 Å². The zero-order valence-corrected chi connectivity index (χ0v) is 11.1. The van der Waals surface area contributed by atoms with Crippen LogP contribution in [0.25, 0.3) is 0 Å². The van der Waals surface area contributed by atoms with Crippen LogP contribution in [0.2, 0.25) is 0 Å². The van der Waals surface area contributed by atoms with Crippen LogP contribution in [-0.4, -0.2) is 13.2 Å². The molecule has 0 atom stereocenters. The second-order valence-electron chi connectivity index (χ2n) is 0.129. The molecule has 0 aliphatic carbocycles. The average molecular weight is 378 g/mol. The van der Waals surface area contributed by atoms with Crippen LogP contribution in [0.1, 0.15) is 1.37 Å². The summed E-state index contributed by atoms with van der Waals surface area (Å²) >= 11 is -0.472. The zero-order valence-electron chi connectivity index (χ0n) is 6.30. The molecule has 0 radical (unpaired) electrons. The first-order chi connectivity index (χ1) is 4.24. The fraction of sp³-hybridized carbons (Fsp3) is 0. The number of hydrogen-bond donors (Lipinski definition) is 0. The molecular formula is C3H4Cl2NaO3Pt-3. The van der Waals surface area contributed by atoms with Gasteiger partial charge in [0.1, 0.15) is 0 Å². The van der Waals surface area contributed by atoms with E-state index in [-0.39, 0.29) is 43.5 Å². The Morgan fingerprint density at radius 2 is 1.70 bits per heavy atom. The summed E-state index contributed by atoms with van der Waals surface area (Å²) in [7, 11) is 9.75. The van der Waals surface area contributed by atoms with Gasteiger partial charge in [-0.3, -0.25) is 6.77 Å². The molecule has 0 heterocycles. The van der Waals surface area contributed by atoms with Gasteiger partial charge in [-0.2, -0.15) is 1.37 Å². The molecule has 0 aromatic heterocycles. The fourth-order valence-electron chi connectivity index (χ4n) is 0. The molecule has 0 saturated carbocycles. The molecule has 0 unspecified atom stereocenters. The Labute approximate surface area is 101 Å². The van der Waals surface area contributed by atoms with E-state index in [0.717, 1.165) is 6.77 Å². The first-order valence-electron chi connectivity index (χ1n) is 1.35. The Morgan fingerprint density at radius 3 is 1.70 bits per heavy atom. The van der Waals surface area contributed by atoms with Crippen molar-refractivity contribution < 1.29 is 62.1 Å². The fourth-order valence-corrected chi connectivity index (χ4v) is 0. The Morgan fingerprint density at radius 1 is 1.70 bits per heavy atom. The molecule has 0 spiro atoms. The van der Waals surface area contributed by atoms with Crippen molar-refractivity contribution in [2.75, 3.05) is 0 Å². The van der Waals surface area contributed by atoms with Crippen LogP contribution in [0.5, 0.6) is 0 Å². The van der Waals surface area contributed by atoms with E-state index in [1.807, 2.05) is 0 Å². The predicted molar refractivity (Wildman–Crippen MR) is 30.6 cm³/mol. The predicted octanol–water partition coefficient (Wildman–Crippen LogP) is -3.17. The summed E-state index contributed by atoms with van der Waals surface area (Å²) in [5.74, 6) is 0. The van der Waals surface area contributed by atoms with Crippen LogP contribution in [0.3, 0.4) is 0 Å². The second-order valence-corrected chi connectivity index (χ2v) is 3.41. The van der Waals surface area contributed by atoms with Crippen molar-refractivity contribution in [2.24, 2.45) is 0 Å². The maximum atomic E-state index is 8.35. The van der Waals surface area contributed by atoms with Crippen molar-refractivity contribution in [1.29, 1.82) is 0 Å². The maximum Gasteiger partial charge on any atom is 1.00 e. The third-order valence-electron chi connectivity index (χ3n) is 0. The zero-order chi connectivity index (χ0) is 8.12. The summed E-state index contributed by atoms with van der Waals surface area (Å²) in [5, 5.41) is 8.12. The molecule has 0 amide bonds. The third-order valence-corrected chi connectivity index (χ3v) is 0. The van der Waals surface area contributed by atoms with Crippen molar-refractivity contribution in [3.63, 3.8) is 0 Å². The Balaban J connectivity index is -0.0000000150. The molecular weight excluding hydrogens is 373 g/mol. The molecule has 7 heteroatoms. The average Bonchev–Trinajstić information content (AvgIpc) is 1.70. The second kappa shape index (κ2) is 79.3. The molecule has 10 heavy (non-hydrogen) atoms. The summed E-state index contributed by atoms with van der Waals surface area (Å²) in [6.45, 7) is 1.00.